The van der Waals surface area contributed by atoms with Gasteiger partial charge < -0.3 is 9.47 Å². The molecule has 118 valence electrons. The normalized spacial score (nSPS) is 10.7. The van der Waals surface area contributed by atoms with E-state index in [-0.39, 0.29) is 12.3 Å². The molecule has 6 nitrogen and oxygen atoms in total. The first-order valence-corrected chi connectivity index (χ1v) is 6.88. The molecule has 2 rings (SSSR count). The molecule has 0 unspecified atom stereocenters. The maximum absolute atomic E-state index is 11.8. The quantitative estimate of drug-likeness (QED) is 0.678. The Morgan fingerprint density at radius 1 is 1.13 bits per heavy atom. The lowest BCUT2D eigenvalue weighted by molar-refractivity contribution is -0.136. The average molecular weight is 312 g/mol. The molecule has 6 heteroatoms. The minimum absolute atomic E-state index is 0.0516. The van der Waals surface area contributed by atoms with Crippen molar-refractivity contribution in [3.05, 3.63) is 71.7 Å². The van der Waals surface area contributed by atoms with Crippen LogP contribution in [0.15, 0.2) is 60.4 Å². The minimum atomic E-state index is -0.749. The van der Waals surface area contributed by atoms with Crippen molar-refractivity contribution in [2.75, 3.05) is 7.11 Å². The number of pyridine rings is 1. The first-order valence-electron chi connectivity index (χ1n) is 6.88. The molecule has 0 saturated carbocycles. The van der Waals surface area contributed by atoms with Crippen molar-refractivity contribution in [2.45, 2.75) is 6.61 Å². The number of carbonyl (C=O) groups excluding carboxylic acids is 2. The number of alkyl carbamates (subject to hydrolysis) is 1. The number of methoxy groups -OCH3 is 1. The van der Waals surface area contributed by atoms with Gasteiger partial charge in [-0.3, -0.25) is 10.3 Å². The fraction of sp³-hybridized carbons (Fsp3) is 0.118. The van der Waals surface area contributed by atoms with Crippen LogP contribution in [0.2, 0.25) is 0 Å². The number of nitrogens with one attached hydrogen (secondary N) is 1. The van der Waals surface area contributed by atoms with E-state index in [0.717, 1.165) is 5.56 Å². The van der Waals surface area contributed by atoms with E-state index in [1.807, 2.05) is 30.3 Å². The second-order valence-corrected chi connectivity index (χ2v) is 4.49. The molecule has 1 aromatic carbocycles. The first-order chi connectivity index (χ1) is 11.2. The van der Waals surface area contributed by atoms with Crippen molar-refractivity contribution in [1.82, 2.24) is 10.3 Å². The molecule has 1 aromatic heterocycles. The van der Waals surface area contributed by atoms with Crippen LogP contribution in [0.5, 0.6) is 0 Å². The molecular weight excluding hydrogens is 296 g/mol. The average Bonchev–Trinajstić information content (AvgIpc) is 2.60. The highest BCUT2D eigenvalue weighted by Gasteiger charge is 2.14. The Morgan fingerprint density at radius 2 is 1.87 bits per heavy atom. The van der Waals surface area contributed by atoms with Crippen LogP contribution in [0.1, 0.15) is 11.3 Å². The molecule has 1 amide bonds. The summed E-state index contributed by atoms with van der Waals surface area (Å²) in [5.41, 5.74) is 1.30. The van der Waals surface area contributed by atoms with Gasteiger partial charge in [-0.1, -0.05) is 36.4 Å². The maximum atomic E-state index is 11.8. The van der Waals surface area contributed by atoms with Crippen LogP contribution in [0.3, 0.4) is 0 Å². The highest BCUT2D eigenvalue weighted by molar-refractivity contribution is 5.96. The summed E-state index contributed by atoms with van der Waals surface area (Å²) in [6.45, 7) is 0.102. The Kier molecular flexibility index (Phi) is 5.88. The van der Waals surface area contributed by atoms with E-state index >= 15 is 0 Å². The summed E-state index contributed by atoms with van der Waals surface area (Å²) in [7, 11) is 1.23. The van der Waals surface area contributed by atoms with Gasteiger partial charge in [0.05, 0.1) is 12.8 Å². The fourth-order valence-corrected chi connectivity index (χ4v) is 1.73. The Bertz CT molecular complexity index is 684. The largest absolute Gasteiger partial charge is 0.464 e. The minimum Gasteiger partial charge on any atom is -0.464 e. The van der Waals surface area contributed by atoms with Gasteiger partial charge in [0.1, 0.15) is 12.3 Å². The first kappa shape index (κ1) is 16.2. The number of ether oxygens (including phenoxy) is 2. The topological polar surface area (TPSA) is 77.5 Å². The zero-order chi connectivity index (χ0) is 16.5. The Morgan fingerprint density at radius 3 is 2.52 bits per heavy atom. The number of amides is 1. The molecule has 2 aromatic rings. The van der Waals surface area contributed by atoms with Gasteiger partial charge in [-0.25, -0.2) is 9.59 Å². The van der Waals surface area contributed by atoms with E-state index in [9.17, 15) is 9.59 Å². The molecule has 0 bridgehead atoms. The molecule has 0 aliphatic carbocycles. The number of aromatic nitrogens is 1. The second kappa shape index (κ2) is 8.33. The number of carbonyl (C=O) groups is 2. The van der Waals surface area contributed by atoms with E-state index < -0.39 is 12.1 Å². The standard InChI is InChI=1S/C17H16N2O4/c1-22-16(20)15(11-14-9-5-6-10-18-14)19-17(21)23-12-13-7-3-2-4-8-13/h2-11H,12H2,1H3,(H,19,21)/b15-11-. The predicted octanol–water partition coefficient (Wildman–Crippen LogP) is 2.52. The molecule has 0 aliphatic heterocycles. The number of hydrogen-bond acceptors (Lipinski definition) is 5. The van der Waals surface area contributed by atoms with Gasteiger partial charge in [0.15, 0.2) is 0 Å². The maximum Gasteiger partial charge on any atom is 0.412 e. The van der Waals surface area contributed by atoms with Gasteiger partial charge in [0.2, 0.25) is 0 Å². The molecule has 0 spiro atoms. The molecule has 1 N–H and O–H groups in total. The van der Waals surface area contributed by atoms with Gasteiger partial charge in [0, 0.05) is 6.20 Å². The van der Waals surface area contributed by atoms with E-state index in [1.165, 1.54) is 13.2 Å². The van der Waals surface area contributed by atoms with Crippen LogP contribution in [-0.4, -0.2) is 24.2 Å². The van der Waals surface area contributed by atoms with E-state index in [2.05, 4.69) is 15.0 Å². The predicted molar refractivity (Wildman–Crippen MR) is 84.0 cm³/mol. The lowest BCUT2D eigenvalue weighted by Gasteiger charge is -2.09. The Labute approximate surface area is 133 Å². The fourth-order valence-electron chi connectivity index (χ4n) is 1.73. The number of benzene rings is 1. The van der Waals surface area contributed by atoms with Crippen LogP contribution < -0.4 is 5.32 Å². The van der Waals surface area contributed by atoms with Crippen LogP contribution in [0, 0.1) is 0 Å². The molecule has 0 aliphatic rings. The summed E-state index contributed by atoms with van der Waals surface area (Å²) < 4.78 is 9.71. The van der Waals surface area contributed by atoms with Crippen molar-refractivity contribution in [3.63, 3.8) is 0 Å². The number of rotatable bonds is 5. The van der Waals surface area contributed by atoms with Gasteiger partial charge in [-0.15, -0.1) is 0 Å². The highest BCUT2D eigenvalue weighted by atomic mass is 16.6. The molecule has 0 radical (unpaired) electrons. The summed E-state index contributed by atoms with van der Waals surface area (Å²) in [4.78, 5) is 27.6. The third kappa shape index (κ3) is 5.28. The summed E-state index contributed by atoms with van der Waals surface area (Å²) in [6, 6.07) is 14.4. The lowest BCUT2D eigenvalue weighted by Crippen LogP contribution is -2.28. The molecular formula is C17H16N2O4. The Hall–Kier alpha value is -3.15. The third-order valence-electron chi connectivity index (χ3n) is 2.83. The van der Waals surface area contributed by atoms with Crippen LogP contribution in [0.4, 0.5) is 4.79 Å². The summed E-state index contributed by atoms with van der Waals surface area (Å²) in [6.07, 6.45) is 2.24. The molecule has 23 heavy (non-hydrogen) atoms. The number of esters is 1. The van der Waals surface area contributed by atoms with E-state index in [4.69, 9.17) is 4.74 Å². The molecule has 0 atom stereocenters. The second-order valence-electron chi connectivity index (χ2n) is 4.49. The van der Waals surface area contributed by atoms with Crippen LogP contribution in [-0.2, 0) is 20.9 Å². The van der Waals surface area contributed by atoms with Crippen molar-refractivity contribution < 1.29 is 19.1 Å². The van der Waals surface area contributed by atoms with Gasteiger partial charge in [-0.05, 0) is 23.8 Å². The zero-order valence-corrected chi connectivity index (χ0v) is 12.6. The third-order valence-corrected chi connectivity index (χ3v) is 2.83. The molecule has 0 saturated heterocycles. The van der Waals surface area contributed by atoms with Crippen molar-refractivity contribution >= 4 is 18.1 Å². The van der Waals surface area contributed by atoms with Crippen LogP contribution in [0.25, 0.3) is 6.08 Å². The molecule has 0 fully saturated rings. The summed E-state index contributed by atoms with van der Waals surface area (Å²) in [5, 5.41) is 2.37. The summed E-state index contributed by atoms with van der Waals surface area (Å²) in [5.74, 6) is -0.688. The van der Waals surface area contributed by atoms with Gasteiger partial charge in [0.25, 0.3) is 0 Å². The van der Waals surface area contributed by atoms with Gasteiger partial charge >= 0.3 is 12.1 Å². The summed E-state index contributed by atoms with van der Waals surface area (Å²) >= 11 is 0. The Balaban J connectivity index is 2.01. The van der Waals surface area contributed by atoms with Crippen molar-refractivity contribution in [3.8, 4) is 0 Å². The highest BCUT2D eigenvalue weighted by Crippen LogP contribution is 2.05. The van der Waals surface area contributed by atoms with Crippen molar-refractivity contribution in [1.29, 1.82) is 0 Å². The van der Waals surface area contributed by atoms with E-state index in [1.54, 1.807) is 24.4 Å². The van der Waals surface area contributed by atoms with E-state index in [0.29, 0.717) is 5.69 Å². The number of nitrogens with zero attached hydrogens (tertiary/aromatic N) is 1. The van der Waals surface area contributed by atoms with Gasteiger partial charge in [-0.2, -0.15) is 0 Å². The smallest absolute Gasteiger partial charge is 0.412 e. The number of hydrogen-bond donors (Lipinski definition) is 1. The SMILES string of the molecule is COC(=O)/C(=C/c1ccccn1)NC(=O)OCc1ccccc1. The lowest BCUT2D eigenvalue weighted by atomic mass is 10.2. The monoisotopic (exact) mass is 312 g/mol. The zero-order valence-electron chi connectivity index (χ0n) is 12.6. The van der Waals surface area contributed by atoms with Crippen molar-refractivity contribution in [2.24, 2.45) is 0 Å². The van der Waals surface area contributed by atoms with Crippen LogP contribution >= 0.6 is 0 Å². The molecule has 1 heterocycles.